The van der Waals surface area contributed by atoms with E-state index < -0.39 is 11.6 Å². The van der Waals surface area contributed by atoms with Crippen molar-refractivity contribution < 1.29 is 9.59 Å². The van der Waals surface area contributed by atoms with Crippen molar-refractivity contribution in [2.75, 3.05) is 13.1 Å². The Morgan fingerprint density at radius 1 is 0.951 bits per heavy atom. The number of nitrogens with zero attached hydrogens (tertiary/aromatic N) is 2. The van der Waals surface area contributed by atoms with Crippen molar-refractivity contribution in [1.82, 2.24) is 19.8 Å². The molecule has 1 atom stereocenters. The van der Waals surface area contributed by atoms with E-state index in [4.69, 9.17) is 5.73 Å². The molecule has 1 fully saturated rings. The summed E-state index contributed by atoms with van der Waals surface area (Å²) >= 11 is 0. The van der Waals surface area contributed by atoms with Gasteiger partial charge in [-0.25, -0.2) is 0 Å². The number of hydrogen-bond donors (Lipinski definition) is 3. The molecule has 1 aliphatic rings. The number of piperidine rings is 1. The number of amides is 2. The van der Waals surface area contributed by atoms with E-state index in [2.05, 4.69) is 69.6 Å². The minimum absolute atomic E-state index is 0.0574. The Bertz CT molecular complexity index is 1690. The van der Waals surface area contributed by atoms with Gasteiger partial charge < -0.3 is 25.5 Å². The quantitative estimate of drug-likeness (QED) is 0.259. The van der Waals surface area contributed by atoms with Gasteiger partial charge in [0.25, 0.3) is 0 Å². The highest BCUT2D eigenvalue weighted by molar-refractivity contribution is 5.93. The minimum atomic E-state index is -1.08. The Labute approximate surface area is 240 Å². The zero-order valence-electron chi connectivity index (χ0n) is 23.6. The van der Waals surface area contributed by atoms with E-state index in [1.165, 1.54) is 16.5 Å². The Morgan fingerprint density at radius 3 is 2.34 bits per heavy atom. The van der Waals surface area contributed by atoms with Crippen molar-refractivity contribution in [2.45, 2.75) is 50.6 Å². The molecule has 1 aliphatic heterocycles. The van der Waals surface area contributed by atoms with Crippen LogP contribution in [0.3, 0.4) is 0 Å². The first-order chi connectivity index (χ1) is 19.8. The van der Waals surface area contributed by atoms with Crippen LogP contribution in [0.25, 0.3) is 27.5 Å². The highest BCUT2D eigenvalue weighted by Gasteiger charge is 2.33. The average Bonchev–Trinajstić information content (AvgIpc) is 3.58. The lowest BCUT2D eigenvalue weighted by atomic mass is 9.88. The molecule has 7 heteroatoms. The van der Waals surface area contributed by atoms with Gasteiger partial charge >= 0.3 is 0 Å². The van der Waals surface area contributed by atoms with Gasteiger partial charge in [-0.3, -0.25) is 9.59 Å². The van der Waals surface area contributed by atoms with Gasteiger partial charge in [-0.05, 0) is 68.0 Å². The van der Waals surface area contributed by atoms with Gasteiger partial charge in [-0.2, -0.15) is 0 Å². The zero-order valence-corrected chi connectivity index (χ0v) is 23.6. The average molecular weight is 548 g/mol. The molecular weight excluding hydrogens is 510 g/mol. The molecule has 41 heavy (non-hydrogen) atoms. The van der Waals surface area contributed by atoms with Crippen molar-refractivity contribution in [2.24, 2.45) is 5.73 Å². The molecule has 3 aromatic carbocycles. The monoisotopic (exact) mass is 547 g/mol. The molecule has 0 spiro atoms. The molecule has 1 saturated heterocycles. The van der Waals surface area contributed by atoms with Gasteiger partial charge in [0.05, 0.1) is 11.1 Å². The van der Waals surface area contributed by atoms with Crippen LogP contribution >= 0.6 is 0 Å². The molecule has 2 aromatic heterocycles. The minimum Gasteiger partial charge on any atom is -0.361 e. The standard InChI is InChI=1S/C34H37N5O2/c1-34(2,35)33(41)37-30(20-24-21-36-29-14-8-6-12-26(24)29)32(40)38-18-16-23(17-19-38)28-22-39(25-10-4-3-5-11-25)31-15-9-7-13-27(28)31/h3-15,21-23,30,36H,16-20,35H2,1-2H3,(H,37,41)/t30-/m1/s1. The zero-order chi connectivity index (χ0) is 28.6. The molecule has 0 aliphatic carbocycles. The van der Waals surface area contributed by atoms with Gasteiger partial charge in [0, 0.05) is 53.9 Å². The van der Waals surface area contributed by atoms with Crippen molar-refractivity contribution >= 4 is 33.6 Å². The SMILES string of the molecule is CC(C)(N)C(=O)N[C@H](Cc1c[nH]c2ccccc12)C(=O)N1CCC(c2cn(-c3ccccc3)c3ccccc23)CC1. The number of nitrogens with one attached hydrogen (secondary N) is 2. The van der Waals surface area contributed by atoms with Gasteiger partial charge in [-0.15, -0.1) is 0 Å². The predicted molar refractivity (Wildman–Crippen MR) is 164 cm³/mol. The third-order valence-electron chi connectivity index (χ3n) is 8.31. The fourth-order valence-corrected chi connectivity index (χ4v) is 6.03. The van der Waals surface area contributed by atoms with Crippen LogP contribution in [0.2, 0.25) is 0 Å². The number of benzene rings is 3. The van der Waals surface area contributed by atoms with Gasteiger partial charge in [0.2, 0.25) is 11.8 Å². The Kier molecular flexibility index (Phi) is 7.14. The second-order valence-corrected chi connectivity index (χ2v) is 11.7. The van der Waals surface area contributed by atoms with Crippen molar-refractivity contribution in [3.05, 3.63) is 102 Å². The summed E-state index contributed by atoms with van der Waals surface area (Å²) in [4.78, 5) is 32.0. The molecule has 3 heterocycles. The molecule has 5 aromatic rings. The molecule has 0 bridgehead atoms. The second kappa shape index (κ2) is 10.9. The van der Waals surface area contributed by atoms with E-state index in [9.17, 15) is 9.59 Å². The maximum absolute atomic E-state index is 13.9. The summed E-state index contributed by atoms with van der Waals surface area (Å²) in [5.74, 6) is -0.0455. The first-order valence-corrected chi connectivity index (χ1v) is 14.4. The van der Waals surface area contributed by atoms with E-state index in [-0.39, 0.29) is 11.8 Å². The number of hydrogen-bond acceptors (Lipinski definition) is 3. The van der Waals surface area contributed by atoms with Gasteiger partial charge in [0.15, 0.2) is 0 Å². The van der Waals surface area contributed by atoms with E-state index in [1.54, 1.807) is 13.8 Å². The fourth-order valence-electron chi connectivity index (χ4n) is 6.03. The highest BCUT2D eigenvalue weighted by atomic mass is 16.2. The maximum atomic E-state index is 13.9. The van der Waals surface area contributed by atoms with Crippen LogP contribution in [0, 0.1) is 0 Å². The Balaban J connectivity index is 1.22. The molecule has 4 N–H and O–H groups in total. The number of aromatic nitrogens is 2. The molecular formula is C34H37N5O2. The molecule has 7 nitrogen and oxygen atoms in total. The van der Waals surface area contributed by atoms with Crippen LogP contribution in [-0.4, -0.2) is 50.9 Å². The lowest BCUT2D eigenvalue weighted by Gasteiger charge is -2.35. The van der Waals surface area contributed by atoms with Crippen molar-refractivity contribution in [3.63, 3.8) is 0 Å². The maximum Gasteiger partial charge on any atom is 0.245 e. The van der Waals surface area contributed by atoms with Crippen molar-refractivity contribution in [1.29, 1.82) is 0 Å². The first-order valence-electron chi connectivity index (χ1n) is 14.4. The van der Waals surface area contributed by atoms with Crippen LogP contribution < -0.4 is 11.1 Å². The number of carbonyl (C=O) groups is 2. The number of rotatable bonds is 7. The number of fused-ring (bicyclic) bond motifs is 2. The first kappa shape index (κ1) is 26.8. The van der Waals surface area contributed by atoms with Gasteiger partial charge in [0.1, 0.15) is 6.04 Å². The summed E-state index contributed by atoms with van der Waals surface area (Å²) in [7, 11) is 0. The third-order valence-corrected chi connectivity index (χ3v) is 8.31. The Morgan fingerprint density at radius 2 is 1.61 bits per heavy atom. The number of para-hydroxylation sites is 3. The number of H-pyrrole nitrogens is 1. The summed E-state index contributed by atoms with van der Waals surface area (Å²) in [6.07, 6.45) is 6.33. The van der Waals surface area contributed by atoms with E-state index in [0.717, 1.165) is 35.0 Å². The molecule has 6 rings (SSSR count). The topological polar surface area (TPSA) is 96.1 Å². The van der Waals surface area contributed by atoms with E-state index in [0.29, 0.717) is 25.4 Å². The molecule has 0 radical (unpaired) electrons. The van der Waals surface area contributed by atoms with E-state index in [1.807, 2.05) is 41.4 Å². The number of carbonyl (C=O) groups excluding carboxylic acids is 2. The molecule has 210 valence electrons. The van der Waals surface area contributed by atoms with Crippen molar-refractivity contribution in [3.8, 4) is 5.69 Å². The summed E-state index contributed by atoms with van der Waals surface area (Å²) in [5, 5.41) is 5.29. The number of nitrogens with two attached hydrogens (primary N) is 1. The van der Waals surface area contributed by atoms with Gasteiger partial charge in [-0.1, -0.05) is 54.6 Å². The van der Waals surface area contributed by atoms with Crippen LogP contribution in [-0.2, 0) is 16.0 Å². The number of likely N-dealkylation sites (tertiary alicyclic amines) is 1. The Hall–Kier alpha value is -4.36. The van der Waals surface area contributed by atoms with Crippen LogP contribution in [0.5, 0.6) is 0 Å². The fraction of sp³-hybridized carbons (Fsp3) is 0.294. The third kappa shape index (κ3) is 5.37. The summed E-state index contributed by atoms with van der Waals surface area (Å²) in [6, 6.07) is 26.3. The smallest absolute Gasteiger partial charge is 0.245 e. The second-order valence-electron chi connectivity index (χ2n) is 11.7. The molecule has 0 unspecified atom stereocenters. The highest BCUT2D eigenvalue weighted by Crippen LogP contribution is 2.36. The lowest BCUT2D eigenvalue weighted by molar-refractivity contribution is -0.138. The van der Waals surface area contributed by atoms with E-state index >= 15 is 0 Å². The molecule has 0 saturated carbocycles. The summed E-state index contributed by atoms with van der Waals surface area (Å²) in [6.45, 7) is 4.60. The van der Waals surface area contributed by atoms with Crippen LogP contribution in [0.15, 0.2) is 91.3 Å². The van der Waals surface area contributed by atoms with Crippen LogP contribution in [0.4, 0.5) is 0 Å². The number of aromatic amines is 1. The summed E-state index contributed by atoms with van der Waals surface area (Å²) < 4.78 is 2.27. The normalized spacial score (nSPS) is 15.3. The summed E-state index contributed by atoms with van der Waals surface area (Å²) in [5.41, 5.74) is 10.7. The largest absolute Gasteiger partial charge is 0.361 e. The molecule has 2 amide bonds. The van der Waals surface area contributed by atoms with Crippen LogP contribution in [0.1, 0.15) is 43.7 Å². The predicted octanol–water partition coefficient (Wildman–Crippen LogP) is 5.28. The lowest BCUT2D eigenvalue weighted by Crippen LogP contribution is -2.57.